The minimum atomic E-state index is 0.606. The van der Waals surface area contributed by atoms with E-state index in [1.165, 1.54) is 6.33 Å². The van der Waals surface area contributed by atoms with Crippen molar-refractivity contribution in [3.8, 4) is 11.6 Å². The summed E-state index contributed by atoms with van der Waals surface area (Å²) in [5, 5.41) is 6.96. The second-order valence-electron chi connectivity index (χ2n) is 4.85. The lowest BCUT2D eigenvalue weighted by atomic mass is 10.2. The second kappa shape index (κ2) is 4.99. The Kier molecular flexibility index (Phi) is 2.85. The van der Waals surface area contributed by atoms with E-state index < -0.39 is 0 Å². The lowest BCUT2D eigenvalue weighted by molar-refractivity contribution is 1.02. The molecule has 0 atom stereocenters. The fourth-order valence-corrected chi connectivity index (χ4v) is 2.33. The van der Waals surface area contributed by atoms with Crippen molar-refractivity contribution in [3.05, 3.63) is 54.3 Å². The predicted molar refractivity (Wildman–Crippen MR) is 77.9 cm³/mol. The summed E-state index contributed by atoms with van der Waals surface area (Å²) in [7, 11) is 0. The Morgan fingerprint density at radius 2 is 2.05 bits per heavy atom. The maximum Gasteiger partial charge on any atom is 0.192 e. The molecule has 0 saturated carbocycles. The molecule has 1 N–H and O–H groups in total. The highest BCUT2D eigenvalue weighted by Gasteiger charge is 2.16. The average molecular weight is 292 g/mol. The van der Waals surface area contributed by atoms with E-state index in [1.807, 2.05) is 23.6 Å². The van der Waals surface area contributed by atoms with Gasteiger partial charge in [0, 0.05) is 31.2 Å². The lowest BCUT2D eigenvalue weighted by Crippen LogP contribution is -1.93. The van der Waals surface area contributed by atoms with Gasteiger partial charge in [0.15, 0.2) is 17.3 Å². The van der Waals surface area contributed by atoms with Crippen LogP contribution in [0.5, 0.6) is 0 Å². The molecule has 4 aromatic heterocycles. The number of hydrogen-bond donors (Lipinski definition) is 1. The molecule has 108 valence electrons. The summed E-state index contributed by atoms with van der Waals surface area (Å²) in [5.41, 5.74) is 2.61. The van der Waals surface area contributed by atoms with Crippen LogP contribution in [0.15, 0.2) is 37.2 Å². The van der Waals surface area contributed by atoms with Gasteiger partial charge in [0.1, 0.15) is 12.2 Å². The predicted octanol–water partition coefficient (Wildman–Crippen LogP) is 1.20. The number of aromatic amines is 1. The molecule has 8 heteroatoms. The van der Waals surface area contributed by atoms with E-state index >= 15 is 0 Å². The fraction of sp³-hybridized carbons (Fsp3) is 0.143. The first-order valence-corrected chi connectivity index (χ1v) is 6.76. The van der Waals surface area contributed by atoms with Crippen LogP contribution in [0.3, 0.4) is 0 Å². The van der Waals surface area contributed by atoms with E-state index in [1.54, 1.807) is 18.6 Å². The number of fused-ring (bicyclic) bond motifs is 1. The molecule has 0 unspecified atom stereocenters. The summed E-state index contributed by atoms with van der Waals surface area (Å²) in [5.74, 6) is 1.99. The summed E-state index contributed by atoms with van der Waals surface area (Å²) in [6.07, 6.45) is 9.33. The van der Waals surface area contributed by atoms with Crippen LogP contribution in [0.1, 0.15) is 17.1 Å². The van der Waals surface area contributed by atoms with Crippen LogP contribution in [0, 0.1) is 6.92 Å². The maximum atomic E-state index is 4.68. The molecule has 0 radical (unpaired) electrons. The van der Waals surface area contributed by atoms with Crippen molar-refractivity contribution >= 4 is 5.65 Å². The molecule has 0 aliphatic heterocycles. The zero-order valence-electron chi connectivity index (χ0n) is 11.8. The first kappa shape index (κ1) is 12.6. The third-order valence-corrected chi connectivity index (χ3v) is 3.27. The normalized spacial score (nSPS) is 11.1. The zero-order valence-corrected chi connectivity index (χ0v) is 11.8. The van der Waals surface area contributed by atoms with Gasteiger partial charge >= 0.3 is 0 Å². The Hall–Kier alpha value is -3.16. The topological polar surface area (TPSA) is 97.5 Å². The van der Waals surface area contributed by atoms with Crippen LogP contribution in [0.2, 0.25) is 0 Å². The molecule has 4 rings (SSSR count). The van der Waals surface area contributed by atoms with Gasteiger partial charge in [0.05, 0.1) is 5.69 Å². The third kappa shape index (κ3) is 2.10. The van der Waals surface area contributed by atoms with Gasteiger partial charge < -0.3 is 0 Å². The standard InChI is InChI=1S/C14H12N8/c1-9-18-12(21-20-9)14-19-11(5-10-6-15-8-16-7-10)13-17-3-2-4-22(13)14/h2-4,6-8H,5H2,1H3,(H,18,20,21). The molecule has 0 fully saturated rings. The Balaban J connectivity index is 1.86. The van der Waals surface area contributed by atoms with Gasteiger partial charge in [-0.25, -0.2) is 24.9 Å². The summed E-state index contributed by atoms with van der Waals surface area (Å²) in [4.78, 5) is 21.5. The molecule has 0 aliphatic carbocycles. The molecule has 0 bridgehead atoms. The van der Waals surface area contributed by atoms with Crippen LogP contribution in [-0.4, -0.2) is 39.5 Å². The number of nitrogens with one attached hydrogen (secondary N) is 1. The van der Waals surface area contributed by atoms with E-state index in [4.69, 9.17) is 0 Å². The molecular weight excluding hydrogens is 280 g/mol. The zero-order chi connectivity index (χ0) is 14.9. The van der Waals surface area contributed by atoms with Gasteiger partial charge in [-0.2, -0.15) is 5.10 Å². The molecule has 0 amide bonds. The van der Waals surface area contributed by atoms with Crippen LogP contribution < -0.4 is 0 Å². The van der Waals surface area contributed by atoms with Crippen LogP contribution in [0.4, 0.5) is 0 Å². The van der Waals surface area contributed by atoms with Crippen molar-refractivity contribution in [1.82, 2.24) is 39.5 Å². The molecule has 22 heavy (non-hydrogen) atoms. The number of rotatable bonds is 3. The maximum absolute atomic E-state index is 4.68. The van der Waals surface area contributed by atoms with Crippen LogP contribution in [0.25, 0.3) is 17.3 Å². The minimum Gasteiger partial charge on any atom is -0.281 e. The number of aryl methyl sites for hydroxylation is 1. The summed E-state index contributed by atoms with van der Waals surface area (Å²) in [6.45, 7) is 1.83. The van der Waals surface area contributed by atoms with Crippen molar-refractivity contribution in [2.75, 3.05) is 0 Å². The smallest absolute Gasteiger partial charge is 0.192 e. The van der Waals surface area contributed by atoms with Crippen LogP contribution >= 0.6 is 0 Å². The molecule has 0 aromatic carbocycles. The van der Waals surface area contributed by atoms with Crippen LogP contribution in [-0.2, 0) is 6.42 Å². The van der Waals surface area contributed by atoms with Crippen molar-refractivity contribution in [2.24, 2.45) is 0 Å². The van der Waals surface area contributed by atoms with E-state index in [-0.39, 0.29) is 0 Å². The molecule has 0 spiro atoms. The van der Waals surface area contributed by atoms with Crippen molar-refractivity contribution in [1.29, 1.82) is 0 Å². The molecule has 4 aromatic rings. The average Bonchev–Trinajstić information content (AvgIpc) is 3.13. The second-order valence-corrected chi connectivity index (χ2v) is 4.85. The molecule has 0 saturated heterocycles. The largest absolute Gasteiger partial charge is 0.281 e. The number of nitrogens with zero attached hydrogens (tertiary/aromatic N) is 7. The third-order valence-electron chi connectivity index (χ3n) is 3.27. The summed E-state index contributed by atoms with van der Waals surface area (Å²) < 4.78 is 1.90. The Labute approximate surface area is 125 Å². The van der Waals surface area contributed by atoms with E-state index in [9.17, 15) is 0 Å². The van der Waals surface area contributed by atoms with Gasteiger partial charge in [0.25, 0.3) is 0 Å². The fourth-order valence-electron chi connectivity index (χ4n) is 2.33. The Morgan fingerprint density at radius 1 is 1.18 bits per heavy atom. The quantitative estimate of drug-likeness (QED) is 0.609. The van der Waals surface area contributed by atoms with Gasteiger partial charge in [0.2, 0.25) is 0 Å². The first-order chi connectivity index (χ1) is 10.8. The molecule has 4 heterocycles. The van der Waals surface area contributed by atoms with E-state index in [2.05, 4.69) is 35.1 Å². The number of imidazole rings is 1. The molecule has 0 aliphatic rings. The number of aromatic nitrogens is 8. The SMILES string of the molecule is Cc1n[nH]c(-c2nc(Cc3cncnc3)c3ncccn23)n1. The summed E-state index contributed by atoms with van der Waals surface area (Å²) in [6, 6.07) is 1.86. The van der Waals surface area contributed by atoms with Gasteiger partial charge in [-0.15, -0.1) is 0 Å². The first-order valence-electron chi connectivity index (χ1n) is 6.76. The summed E-state index contributed by atoms with van der Waals surface area (Å²) >= 11 is 0. The Morgan fingerprint density at radius 3 is 2.82 bits per heavy atom. The highest BCUT2D eigenvalue weighted by molar-refractivity contribution is 5.57. The molecule has 8 nitrogen and oxygen atoms in total. The van der Waals surface area contributed by atoms with Gasteiger partial charge in [-0.05, 0) is 18.6 Å². The van der Waals surface area contributed by atoms with Crippen molar-refractivity contribution in [3.63, 3.8) is 0 Å². The van der Waals surface area contributed by atoms with Crippen molar-refractivity contribution in [2.45, 2.75) is 13.3 Å². The Bertz CT molecular complexity index is 924. The van der Waals surface area contributed by atoms with Gasteiger partial charge in [-0.1, -0.05) is 0 Å². The van der Waals surface area contributed by atoms with Gasteiger partial charge in [-0.3, -0.25) is 9.50 Å². The van der Waals surface area contributed by atoms with E-state index in [0.717, 1.165) is 16.9 Å². The minimum absolute atomic E-state index is 0.606. The highest BCUT2D eigenvalue weighted by atomic mass is 15.2. The number of H-pyrrole nitrogens is 1. The monoisotopic (exact) mass is 292 g/mol. The van der Waals surface area contributed by atoms with Crippen molar-refractivity contribution < 1.29 is 0 Å². The highest BCUT2D eigenvalue weighted by Crippen LogP contribution is 2.20. The van der Waals surface area contributed by atoms with E-state index in [0.29, 0.717) is 23.9 Å². The number of hydrogen-bond acceptors (Lipinski definition) is 6. The lowest BCUT2D eigenvalue weighted by Gasteiger charge is -1.97. The molecular formula is C14H12N8.